The van der Waals surface area contributed by atoms with Crippen molar-refractivity contribution in [2.75, 3.05) is 32.8 Å². The largest absolute Gasteiger partial charge is 0.480 e. The third-order valence-corrected chi connectivity index (χ3v) is 12.5. The number of benzene rings is 1. The van der Waals surface area contributed by atoms with Crippen LogP contribution in [0.4, 0.5) is 0 Å². The van der Waals surface area contributed by atoms with E-state index >= 15 is 0 Å². The number of carbonyl (C=O) groups is 9. The van der Waals surface area contributed by atoms with Gasteiger partial charge in [-0.25, -0.2) is 4.79 Å². The molecule has 78 heavy (non-hydrogen) atoms. The monoisotopic (exact) mass is 1100 g/mol. The molecule has 23 N–H and O–H groups in total. The van der Waals surface area contributed by atoms with Gasteiger partial charge in [-0.1, -0.05) is 50.6 Å². The first-order chi connectivity index (χ1) is 36.8. The van der Waals surface area contributed by atoms with Crippen LogP contribution in [0.25, 0.3) is 0 Å². The highest BCUT2D eigenvalue weighted by atomic mass is 16.4. The number of nitrogens with two attached hydrogens (primary N) is 6. The smallest absolute Gasteiger partial charge is 0.326 e. The molecule has 1 saturated heterocycles. The fourth-order valence-electron chi connectivity index (χ4n) is 8.28. The van der Waals surface area contributed by atoms with Crippen LogP contribution in [0.2, 0.25) is 0 Å². The molecule has 0 aromatic heterocycles. The number of aliphatic hydroxyl groups is 3. The van der Waals surface area contributed by atoms with E-state index in [0.29, 0.717) is 31.4 Å². The van der Waals surface area contributed by atoms with Crippen LogP contribution in [0.15, 0.2) is 40.3 Å². The van der Waals surface area contributed by atoms with E-state index in [4.69, 9.17) is 34.4 Å². The Balaban J connectivity index is 2.38. The number of carboxylic acids is 1. The maximum atomic E-state index is 14.6. The second-order valence-corrected chi connectivity index (χ2v) is 19.6. The number of aliphatic hydroxyl groups excluding tert-OH is 3. The van der Waals surface area contributed by atoms with Crippen LogP contribution in [-0.4, -0.2) is 190 Å². The van der Waals surface area contributed by atoms with Gasteiger partial charge in [-0.2, -0.15) is 0 Å². The zero-order valence-corrected chi connectivity index (χ0v) is 44.9. The van der Waals surface area contributed by atoms with Crippen molar-refractivity contribution in [3.05, 3.63) is 35.9 Å². The van der Waals surface area contributed by atoms with Crippen LogP contribution >= 0.6 is 0 Å². The highest BCUT2D eigenvalue weighted by molar-refractivity contribution is 5.98. The van der Waals surface area contributed by atoms with E-state index in [2.05, 4.69) is 47.2 Å². The fourth-order valence-corrected chi connectivity index (χ4v) is 8.28. The number of nitrogens with zero attached hydrogens (tertiary/aromatic N) is 3. The van der Waals surface area contributed by atoms with Crippen LogP contribution in [0.3, 0.4) is 0 Å². The number of rotatable bonds is 35. The molecule has 1 aliphatic heterocycles. The number of aliphatic imine (C=N–C) groups is 2. The van der Waals surface area contributed by atoms with Crippen LogP contribution in [0.1, 0.15) is 97.5 Å². The van der Waals surface area contributed by atoms with E-state index in [0.717, 1.165) is 0 Å². The summed E-state index contributed by atoms with van der Waals surface area (Å²) in [7, 11) is 0. The average Bonchev–Trinajstić information content (AvgIpc) is 3.88. The number of guanidine groups is 2. The molecule has 0 radical (unpaired) electrons. The normalized spacial score (nSPS) is 16.9. The van der Waals surface area contributed by atoms with Crippen LogP contribution in [-0.2, 0) is 49.6 Å². The predicted octanol–water partition coefficient (Wildman–Crippen LogP) is -5.94. The van der Waals surface area contributed by atoms with E-state index in [1.165, 1.54) is 18.7 Å². The number of carboxylic acid groups (broad SMARTS) is 1. The Morgan fingerprint density at radius 2 is 1.13 bits per heavy atom. The molecular formula is C49H84N16O13. The van der Waals surface area contributed by atoms with E-state index in [1.807, 2.05) is 0 Å². The molecular weight excluding hydrogens is 1020 g/mol. The highest BCUT2D eigenvalue weighted by Crippen LogP contribution is 2.21. The average molecular weight is 1110 g/mol. The van der Waals surface area contributed by atoms with Gasteiger partial charge in [-0.05, 0) is 89.7 Å². The van der Waals surface area contributed by atoms with Gasteiger partial charge in [0.15, 0.2) is 11.9 Å². The molecule has 0 saturated carbocycles. The first-order valence-corrected chi connectivity index (χ1v) is 26.0. The maximum Gasteiger partial charge on any atom is 0.326 e. The van der Waals surface area contributed by atoms with Crippen molar-refractivity contribution in [1.29, 1.82) is 0 Å². The van der Waals surface area contributed by atoms with E-state index in [-0.39, 0.29) is 88.8 Å². The summed E-state index contributed by atoms with van der Waals surface area (Å²) in [5, 5.41) is 58.5. The number of aliphatic carboxylic acids is 1. The van der Waals surface area contributed by atoms with Crippen molar-refractivity contribution in [3.63, 3.8) is 0 Å². The summed E-state index contributed by atoms with van der Waals surface area (Å²) in [5.74, 6) is -9.29. The Hall–Kier alpha value is -7.21. The Morgan fingerprint density at radius 3 is 1.65 bits per heavy atom. The Kier molecular flexibility index (Phi) is 29.6. The lowest BCUT2D eigenvalue weighted by atomic mass is 10.0. The molecule has 11 atom stereocenters. The number of carbonyl (C=O) groups excluding carboxylic acids is 8. The maximum absolute atomic E-state index is 14.6. The molecule has 1 aliphatic rings. The standard InChI is InChI=1S/C49H84N16O13/c1-26(2)23-33(41(71)63-38(28(4)68)45(75)64-37(27(3)67)44(74)61-34(47(77)78)24-29-13-6-5-7-14-29)60-43(73)36-18-12-22-65(36)46(76)32(17-11-21-57-49(54)55)59-40(70)31(16-10-20-56-48(52)53)58-42(72)35(25-66)62-39(69)30(51)15-8-9-19-50/h5-7,13-14,26-28,30-38,66-68H,8-12,15-25,50-51H2,1-4H3,(H,58,72)(H,59,70)(H,60,73)(H,61,74)(H,62,69)(H,63,71)(H,64,75)(H,77,78)(H4,52,53,56)(H4,54,55,57)/t27-,28-,30+,31+,32+,33+,34+,35+,36+,37+,38+/m1/s1. The van der Waals surface area contributed by atoms with Gasteiger partial charge in [-0.3, -0.25) is 48.3 Å². The molecule has 0 unspecified atom stereocenters. The molecule has 29 heteroatoms. The molecule has 1 fully saturated rings. The molecule has 438 valence electrons. The lowest BCUT2D eigenvalue weighted by Crippen LogP contribution is -2.63. The minimum absolute atomic E-state index is 0.00866. The van der Waals surface area contributed by atoms with Crippen molar-refractivity contribution < 1.29 is 63.6 Å². The Morgan fingerprint density at radius 1 is 0.628 bits per heavy atom. The number of unbranched alkanes of at least 4 members (excludes halogenated alkanes) is 1. The lowest BCUT2D eigenvalue weighted by Gasteiger charge is -2.31. The van der Waals surface area contributed by atoms with Crippen molar-refractivity contribution in [3.8, 4) is 0 Å². The van der Waals surface area contributed by atoms with Gasteiger partial charge >= 0.3 is 5.97 Å². The van der Waals surface area contributed by atoms with Crippen LogP contribution < -0.4 is 71.6 Å². The molecule has 0 aliphatic carbocycles. The summed E-state index contributed by atoms with van der Waals surface area (Å²) in [6.07, 6.45) is -1.41. The fraction of sp³-hybridized carbons (Fsp3) is 0.653. The van der Waals surface area contributed by atoms with Gasteiger partial charge in [0, 0.05) is 26.1 Å². The minimum Gasteiger partial charge on any atom is -0.480 e. The second-order valence-electron chi connectivity index (χ2n) is 19.6. The molecule has 8 amide bonds. The number of hydrogen-bond donors (Lipinski definition) is 17. The Bertz CT molecular complexity index is 2190. The molecule has 29 nitrogen and oxygen atoms in total. The summed E-state index contributed by atoms with van der Waals surface area (Å²) >= 11 is 0. The third kappa shape index (κ3) is 23.6. The van der Waals surface area contributed by atoms with Crippen molar-refractivity contribution >= 4 is 65.1 Å². The zero-order chi connectivity index (χ0) is 58.6. The number of amides is 8. The number of likely N-dealkylation sites (tertiary alicyclic amines) is 1. The van der Waals surface area contributed by atoms with E-state index in [1.54, 1.807) is 44.2 Å². The second kappa shape index (κ2) is 34.5. The molecule has 1 heterocycles. The Labute approximate surface area is 453 Å². The first kappa shape index (κ1) is 66.9. The predicted molar refractivity (Wildman–Crippen MR) is 287 cm³/mol. The van der Waals surface area contributed by atoms with Crippen LogP contribution in [0, 0.1) is 5.92 Å². The third-order valence-electron chi connectivity index (χ3n) is 12.5. The molecule has 2 rings (SSSR count). The topological polar surface area (TPSA) is 503 Å². The van der Waals surface area contributed by atoms with Gasteiger partial charge in [0.25, 0.3) is 0 Å². The number of hydrogen-bond acceptors (Lipinski definition) is 16. The quantitative estimate of drug-likeness (QED) is 0.0171. The summed E-state index contributed by atoms with van der Waals surface area (Å²) in [6.45, 7) is 5.45. The summed E-state index contributed by atoms with van der Waals surface area (Å²) in [6, 6.07) is -4.45. The molecule has 0 bridgehead atoms. The van der Waals surface area contributed by atoms with Crippen molar-refractivity contribution in [2.24, 2.45) is 50.3 Å². The molecule has 0 spiro atoms. The van der Waals surface area contributed by atoms with Gasteiger partial charge in [0.1, 0.15) is 48.3 Å². The SMILES string of the molecule is CC(C)C[C@H](NC(=O)[C@@H]1CCCN1C(=O)[C@H](CCCN=C(N)N)NC(=O)[C@H](CCCN=C(N)N)NC(=O)[C@H](CO)NC(=O)[C@@H](N)CCCCN)C(=O)N[C@H](C(=O)N[C@H](C(=O)N[C@@H](Cc1ccccc1)C(=O)O)[C@@H](C)O)[C@@H](C)O. The molecule has 1 aromatic carbocycles. The van der Waals surface area contributed by atoms with Gasteiger partial charge in [0.05, 0.1) is 24.9 Å². The summed E-state index contributed by atoms with van der Waals surface area (Å²) in [5.41, 5.74) is 34.1. The minimum atomic E-state index is -1.77. The van der Waals surface area contributed by atoms with Crippen molar-refractivity contribution in [2.45, 2.75) is 165 Å². The summed E-state index contributed by atoms with van der Waals surface area (Å²) in [4.78, 5) is 132. The lowest BCUT2D eigenvalue weighted by molar-refractivity contribution is -0.143. The highest BCUT2D eigenvalue weighted by Gasteiger charge is 2.41. The summed E-state index contributed by atoms with van der Waals surface area (Å²) < 4.78 is 0. The van der Waals surface area contributed by atoms with E-state index in [9.17, 15) is 63.6 Å². The van der Waals surface area contributed by atoms with Gasteiger partial charge < -0.3 is 96.9 Å². The first-order valence-electron chi connectivity index (χ1n) is 26.0. The van der Waals surface area contributed by atoms with Crippen LogP contribution in [0.5, 0.6) is 0 Å². The van der Waals surface area contributed by atoms with Gasteiger partial charge in [0.2, 0.25) is 47.3 Å². The van der Waals surface area contributed by atoms with Crippen molar-refractivity contribution in [1.82, 2.24) is 42.1 Å². The molecule has 1 aromatic rings. The van der Waals surface area contributed by atoms with Gasteiger partial charge in [-0.15, -0.1) is 0 Å². The zero-order valence-electron chi connectivity index (χ0n) is 44.9. The number of nitrogens with one attached hydrogen (secondary N) is 7. The van der Waals surface area contributed by atoms with E-state index < -0.39 is 126 Å².